The zero-order chi connectivity index (χ0) is 23.7. The molecule has 2 N–H and O–H groups in total. The van der Waals surface area contributed by atoms with Gasteiger partial charge in [-0.25, -0.2) is 18.2 Å². The number of carbonyl (C=O) groups is 1. The van der Waals surface area contributed by atoms with Crippen molar-refractivity contribution in [2.45, 2.75) is 0 Å². The van der Waals surface area contributed by atoms with Gasteiger partial charge in [0, 0.05) is 23.1 Å². The van der Waals surface area contributed by atoms with Gasteiger partial charge in [0.1, 0.15) is 11.6 Å². The molecule has 0 fully saturated rings. The molecule has 0 unspecified atom stereocenters. The van der Waals surface area contributed by atoms with Crippen molar-refractivity contribution in [3.8, 4) is 22.8 Å². The number of fused-ring (bicyclic) bond motifs is 1. The molecule has 2 aromatic heterocycles. The van der Waals surface area contributed by atoms with E-state index in [0.717, 1.165) is 6.07 Å². The summed E-state index contributed by atoms with van der Waals surface area (Å²) >= 11 is 0. The number of aromatic nitrogens is 3. The molecule has 2 heterocycles. The van der Waals surface area contributed by atoms with Crippen molar-refractivity contribution < 1.29 is 22.7 Å². The molecule has 3 aromatic carbocycles. The van der Waals surface area contributed by atoms with E-state index in [2.05, 4.69) is 20.5 Å². The number of H-pyrrole nitrogens is 1. The molecule has 34 heavy (non-hydrogen) atoms. The SMILES string of the molecule is O=C(Nc1ccc(Oc2cccc(F)c2)nc1)c1n[nH]c2ccc(-c3cccc(F)c3F)cc12. The molecule has 0 saturated heterocycles. The number of pyridine rings is 1. The average Bonchev–Trinajstić information content (AvgIpc) is 3.26. The molecule has 9 heteroatoms. The van der Waals surface area contributed by atoms with E-state index in [-0.39, 0.29) is 22.9 Å². The van der Waals surface area contributed by atoms with E-state index in [1.807, 2.05) is 0 Å². The fraction of sp³-hybridized carbons (Fsp3) is 0. The number of halogens is 3. The van der Waals surface area contributed by atoms with Crippen molar-refractivity contribution in [1.82, 2.24) is 15.2 Å². The predicted molar refractivity (Wildman–Crippen MR) is 120 cm³/mol. The van der Waals surface area contributed by atoms with Gasteiger partial charge in [0.05, 0.1) is 17.4 Å². The van der Waals surface area contributed by atoms with Crippen molar-refractivity contribution in [3.63, 3.8) is 0 Å². The lowest BCUT2D eigenvalue weighted by Gasteiger charge is -2.07. The number of anilines is 1. The summed E-state index contributed by atoms with van der Waals surface area (Å²) in [7, 11) is 0. The third-order valence-corrected chi connectivity index (χ3v) is 5.05. The molecule has 0 saturated carbocycles. The average molecular weight is 460 g/mol. The van der Waals surface area contributed by atoms with Crippen molar-refractivity contribution in [2.75, 3.05) is 5.32 Å². The summed E-state index contributed by atoms with van der Waals surface area (Å²) in [5.41, 5.74) is 1.49. The lowest BCUT2D eigenvalue weighted by Crippen LogP contribution is -2.13. The monoisotopic (exact) mass is 460 g/mol. The van der Waals surface area contributed by atoms with Gasteiger partial charge in [-0.05, 0) is 42.0 Å². The first kappa shape index (κ1) is 21.2. The van der Waals surface area contributed by atoms with Gasteiger partial charge >= 0.3 is 0 Å². The van der Waals surface area contributed by atoms with E-state index in [4.69, 9.17) is 4.74 Å². The Morgan fingerprint density at radius 2 is 1.79 bits per heavy atom. The number of hydrogen-bond donors (Lipinski definition) is 2. The second kappa shape index (κ2) is 8.70. The summed E-state index contributed by atoms with van der Waals surface area (Å²) in [5.74, 6) is -2.38. The topological polar surface area (TPSA) is 79.9 Å². The van der Waals surface area contributed by atoms with Gasteiger partial charge < -0.3 is 10.1 Å². The minimum atomic E-state index is -0.969. The fourth-order valence-electron chi connectivity index (χ4n) is 3.44. The van der Waals surface area contributed by atoms with Crippen LogP contribution in [0.2, 0.25) is 0 Å². The van der Waals surface area contributed by atoms with Crippen LogP contribution in [0.25, 0.3) is 22.0 Å². The Morgan fingerprint density at radius 3 is 2.59 bits per heavy atom. The highest BCUT2D eigenvalue weighted by molar-refractivity contribution is 6.11. The third-order valence-electron chi connectivity index (χ3n) is 5.05. The molecular weight excluding hydrogens is 445 g/mol. The highest BCUT2D eigenvalue weighted by Gasteiger charge is 2.17. The maximum Gasteiger partial charge on any atom is 0.276 e. The van der Waals surface area contributed by atoms with E-state index in [9.17, 15) is 18.0 Å². The fourth-order valence-corrected chi connectivity index (χ4v) is 3.44. The summed E-state index contributed by atoms with van der Waals surface area (Å²) in [4.78, 5) is 17.0. The predicted octanol–water partition coefficient (Wildman–Crippen LogP) is 6.09. The highest BCUT2D eigenvalue weighted by Crippen LogP contribution is 2.29. The Balaban J connectivity index is 1.37. The maximum absolute atomic E-state index is 14.2. The summed E-state index contributed by atoms with van der Waals surface area (Å²) in [5, 5.41) is 9.94. The molecule has 0 atom stereocenters. The van der Waals surface area contributed by atoms with Crippen LogP contribution in [0.5, 0.6) is 11.6 Å². The van der Waals surface area contributed by atoms with E-state index in [0.29, 0.717) is 22.2 Å². The van der Waals surface area contributed by atoms with Crippen LogP contribution in [0.15, 0.2) is 79.0 Å². The second-order valence-corrected chi connectivity index (χ2v) is 7.33. The number of ether oxygens (including phenoxy) is 1. The first-order valence-corrected chi connectivity index (χ1v) is 10.1. The molecular formula is C25H15F3N4O2. The number of nitrogens with one attached hydrogen (secondary N) is 2. The molecule has 6 nitrogen and oxygen atoms in total. The van der Waals surface area contributed by atoms with Crippen LogP contribution in [-0.4, -0.2) is 21.1 Å². The van der Waals surface area contributed by atoms with Gasteiger partial charge in [-0.1, -0.05) is 24.3 Å². The summed E-state index contributed by atoms with van der Waals surface area (Å²) < 4.78 is 46.7. The molecule has 0 aliphatic heterocycles. The Bertz CT molecular complexity index is 1520. The number of carbonyl (C=O) groups excluding carboxylic acids is 1. The molecule has 5 rings (SSSR count). The van der Waals surface area contributed by atoms with Crippen LogP contribution in [0, 0.1) is 17.5 Å². The highest BCUT2D eigenvalue weighted by atomic mass is 19.2. The van der Waals surface area contributed by atoms with Gasteiger partial charge in [0.25, 0.3) is 5.91 Å². The number of amides is 1. The first-order chi connectivity index (χ1) is 16.5. The zero-order valence-electron chi connectivity index (χ0n) is 17.4. The van der Waals surface area contributed by atoms with Crippen LogP contribution < -0.4 is 10.1 Å². The Kier molecular flexibility index (Phi) is 5.43. The minimum absolute atomic E-state index is 0.0764. The molecule has 0 aliphatic rings. The van der Waals surface area contributed by atoms with E-state index < -0.39 is 23.4 Å². The Morgan fingerprint density at radius 1 is 0.941 bits per heavy atom. The molecule has 168 valence electrons. The standard InChI is InChI=1S/C25H15F3N4O2/c26-15-3-1-4-17(12-15)34-22-10-8-16(13-29-22)30-25(33)24-19-11-14(7-9-21(19)31-32-24)18-5-2-6-20(27)23(18)28/h1-13H,(H,30,33)(H,31,32). The molecule has 5 aromatic rings. The van der Waals surface area contributed by atoms with Crippen LogP contribution in [0.4, 0.5) is 18.9 Å². The van der Waals surface area contributed by atoms with Crippen LogP contribution in [-0.2, 0) is 0 Å². The lowest BCUT2D eigenvalue weighted by atomic mass is 10.0. The Hall–Kier alpha value is -4.66. The van der Waals surface area contributed by atoms with Crippen LogP contribution in [0.3, 0.4) is 0 Å². The smallest absolute Gasteiger partial charge is 0.276 e. The number of nitrogens with zero attached hydrogens (tertiary/aromatic N) is 2. The van der Waals surface area contributed by atoms with Gasteiger partial charge in [0.2, 0.25) is 5.88 Å². The van der Waals surface area contributed by atoms with Gasteiger partial charge in [-0.2, -0.15) is 5.10 Å². The maximum atomic E-state index is 14.2. The Labute approximate surface area is 191 Å². The largest absolute Gasteiger partial charge is 0.439 e. The minimum Gasteiger partial charge on any atom is -0.439 e. The second-order valence-electron chi connectivity index (χ2n) is 7.33. The van der Waals surface area contributed by atoms with Gasteiger partial charge in [-0.3, -0.25) is 9.89 Å². The van der Waals surface area contributed by atoms with Crippen molar-refractivity contribution in [2.24, 2.45) is 0 Å². The van der Waals surface area contributed by atoms with Crippen molar-refractivity contribution >= 4 is 22.5 Å². The molecule has 0 bridgehead atoms. The summed E-state index contributed by atoms with van der Waals surface area (Å²) in [6, 6.07) is 17.5. The van der Waals surface area contributed by atoms with Gasteiger partial charge in [-0.15, -0.1) is 0 Å². The van der Waals surface area contributed by atoms with Crippen molar-refractivity contribution in [1.29, 1.82) is 0 Å². The van der Waals surface area contributed by atoms with Crippen LogP contribution >= 0.6 is 0 Å². The molecule has 0 aliphatic carbocycles. The first-order valence-electron chi connectivity index (χ1n) is 10.1. The molecule has 0 spiro atoms. The number of aromatic amines is 1. The molecule has 0 radical (unpaired) electrons. The molecule has 1 amide bonds. The number of benzene rings is 3. The quantitative estimate of drug-likeness (QED) is 0.333. The number of rotatable bonds is 5. The third kappa shape index (κ3) is 4.18. The van der Waals surface area contributed by atoms with Gasteiger partial charge in [0.15, 0.2) is 17.3 Å². The van der Waals surface area contributed by atoms with Crippen molar-refractivity contribution in [3.05, 3.63) is 102 Å². The lowest BCUT2D eigenvalue weighted by molar-refractivity contribution is 0.102. The zero-order valence-corrected chi connectivity index (χ0v) is 17.4. The normalized spacial score (nSPS) is 10.9. The van der Waals surface area contributed by atoms with Crippen LogP contribution in [0.1, 0.15) is 10.5 Å². The summed E-state index contributed by atoms with van der Waals surface area (Å²) in [6.07, 6.45) is 1.38. The summed E-state index contributed by atoms with van der Waals surface area (Å²) in [6.45, 7) is 0. The number of hydrogen-bond acceptors (Lipinski definition) is 4. The van der Waals surface area contributed by atoms with E-state index in [1.165, 1.54) is 42.6 Å². The van der Waals surface area contributed by atoms with E-state index in [1.54, 1.807) is 30.3 Å². The van der Waals surface area contributed by atoms with E-state index >= 15 is 0 Å².